The lowest BCUT2D eigenvalue weighted by Crippen LogP contribution is -1.95. The molecule has 0 amide bonds. The number of rotatable bonds is 5. The van der Waals surface area contributed by atoms with Gasteiger partial charge in [-0.1, -0.05) is 25.2 Å². The van der Waals surface area contributed by atoms with Gasteiger partial charge in [-0.2, -0.15) is 0 Å². The van der Waals surface area contributed by atoms with Gasteiger partial charge in [0.05, 0.1) is 6.61 Å². The molecule has 1 rings (SSSR count). The first-order chi connectivity index (χ1) is 5.43. The summed E-state index contributed by atoms with van der Waals surface area (Å²) in [6.07, 6.45) is 9.95. The third kappa shape index (κ3) is 3.38. The summed E-state index contributed by atoms with van der Waals surface area (Å²) >= 11 is 0. The van der Waals surface area contributed by atoms with Crippen molar-refractivity contribution in [2.24, 2.45) is 0 Å². The Kier molecular flexibility index (Phi) is 3.99. The molecule has 1 nitrogen and oxygen atoms in total. The molecule has 0 radical (unpaired) electrons. The standard InChI is InChI=1S/C10H16O/c1-2-8-11-9-7-10-5-3-4-6-10/h3,5-6H,2,4,7-9H2,1H3. The van der Waals surface area contributed by atoms with Gasteiger partial charge in [-0.15, -0.1) is 0 Å². The maximum atomic E-state index is 5.37. The first-order valence-electron chi connectivity index (χ1n) is 4.37. The molecule has 1 heteroatoms. The van der Waals surface area contributed by atoms with Crippen LogP contribution in [-0.2, 0) is 4.74 Å². The van der Waals surface area contributed by atoms with Crippen LogP contribution >= 0.6 is 0 Å². The van der Waals surface area contributed by atoms with E-state index >= 15 is 0 Å². The highest BCUT2D eigenvalue weighted by Gasteiger charge is 1.96. The molecular weight excluding hydrogens is 136 g/mol. The summed E-state index contributed by atoms with van der Waals surface area (Å²) in [4.78, 5) is 0. The smallest absolute Gasteiger partial charge is 0.0506 e. The molecule has 1 aliphatic carbocycles. The van der Waals surface area contributed by atoms with Crippen LogP contribution in [-0.4, -0.2) is 13.2 Å². The Morgan fingerprint density at radius 1 is 1.45 bits per heavy atom. The maximum Gasteiger partial charge on any atom is 0.0506 e. The molecule has 0 unspecified atom stereocenters. The van der Waals surface area contributed by atoms with Gasteiger partial charge in [0.2, 0.25) is 0 Å². The number of hydrogen-bond acceptors (Lipinski definition) is 1. The van der Waals surface area contributed by atoms with Crippen LogP contribution in [0.15, 0.2) is 23.8 Å². The molecule has 0 aromatic carbocycles. The van der Waals surface area contributed by atoms with Crippen molar-refractivity contribution in [2.75, 3.05) is 13.2 Å². The molecule has 0 saturated heterocycles. The summed E-state index contributed by atoms with van der Waals surface area (Å²) < 4.78 is 5.37. The van der Waals surface area contributed by atoms with Crippen LogP contribution in [0.3, 0.4) is 0 Å². The van der Waals surface area contributed by atoms with Gasteiger partial charge in [0, 0.05) is 6.61 Å². The zero-order chi connectivity index (χ0) is 7.94. The predicted molar refractivity (Wildman–Crippen MR) is 47.6 cm³/mol. The SMILES string of the molecule is CCCOCCC1=CCC=C1. The van der Waals surface area contributed by atoms with Crippen LogP contribution in [0, 0.1) is 0 Å². The van der Waals surface area contributed by atoms with Crippen molar-refractivity contribution < 1.29 is 4.74 Å². The monoisotopic (exact) mass is 152 g/mol. The van der Waals surface area contributed by atoms with E-state index in [4.69, 9.17) is 4.74 Å². The molecule has 0 aromatic heterocycles. The Morgan fingerprint density at radius 2 is 2.36 bits per heavy atom. The van der Waals surface area contributed by atoms with E-state index in [2.05, 4.69) is 25.2 Å². The van der Waals surface area contributed by atoms with Gasteiger partial charge < -0.3 is 4.74 Å². The van der Waals surface area contributed by atoms with Crippen molar-refractivity contribution in [3.63, 3.8) is 0 Å². The van der Waals surface area contributed by atoms with Crippen LogP contribution in [0.25, 0.3) is 0 Å². The van der Waals surface area contributed by atoms with Gasteiger partial charge in [0.1, 0.15) is 0 Å². The molecule has 0 atom stereocenters. The maximum absolute atomic E-state index is 5.37. The number of allylic oxidation sites excluding steroid dienone is 3. The zero-order valence-corrected chi connectivity index (χ0v) is 7.18. The summed E-state index contributed by atoms with van der Waals surface area (Å²) in [5.74, 6) is 0. The molecule has 0 bridgehead atoms. The molecule has 11 heavy (non-hydrogen) atoms. The van der Waals surface area contributed by atoms with Gasteiger partial charge in [-0.25, -0.2) is 0 Å². The second-order valence-corrected chi connectivity index (χ2v) is 2.78. The van der Waals surface area contributed by atoms with Gasteiger partial charge in [-0.05, 0) is 24.8 Å². The predicted octanol–water partition coefficient (Wildman–Crippen LogP) is 2.69. The van der Waals surface area contributed by atoms with Crippen LogP contribution < -0.4 is 0 Å². The fourth-order valence-electron chi connectivity index (χ4n) is 1.13. The fraction of sp³-hybridized carbons (Fsp3) is 0.600. The Morgan fingerprint density at radius 3 is 3.00 bits per heavy atom. The van der Waals surface area contributed by atoms with Gasteiger partial charge in [-0.3, -0.25) is 0 Å². The van der Waals surface area contributed by atoms with Crippen molar-refractivity contribution in [3.05, 3.63) is 23.8 Å². The molecule has 0 spiro atoms. The van der Waals surface area contributed by atoms with E-state index in [1.165, 1.54) is 5.57 Å². The Balaban J connectivity index is 1.99. The highest BCUT2D eigenvalue weighted by molar-refractivity contribution is 5.25. The van der Waals surface area contributed by atoms with E-state index in [0.717, 1.165) is 32.5 Å². The highest BCUT2D eigenvalue weighted by atomic mass is 16.5. The first kappa shape index (κ1) is 8.54. The van der Waals surface area contributed by atoms with Crippen LogP contribution in [0.1, 0.15) is 26.2 Å². The second kappa shape index (κ2) is 5.14. The van der Waals surface area contributed by atoms with Crippen LogP contribution in [0.2, 0.25) is 0 Å². The topological polar surface area (TPSA) is 9.23 Å². The summed E-state index contributed by atoms with van der Waals surface area (Å²) in [6, 6.07) is 0. The van der Waals surface area contributed by atoms with E-state index in [1.54, 1.807) is 0 Å². The van der Waals surface area contributed by atoms with E-state index < -0.39 is 0 Å². The molecule has 0 saturated carbocycles. The summed E-state index contributed by atoms with van der Waals surface area (Å²) in [5.41, 5.74) is 1.43. The third-order valence-corrected chi connectivity index (χ3v) is 1.73. The third-order valence-electron chi connectivity index (χ3n) is 1.73. The Labute approximate surface area is 68.8 Å². The Bertz CT molecular complexity index is 156. The van der Waals surface area contributed by atoms with Crippen molar-refractivity contribution in [3.8, 4) is 0 Å². The molecule has 0 heterocycles. The molecule has 0 aromatic rings. The van der Waals surface area contributed by atoms with E-state index in [1.807, 2.05) is 0 Å². The van der Waals surface area contributed by atoms with Crippen molar-refractivity contribution in [2.45, 2.75) is 26.2 Å². The molecule has 62 valence electrons. The quantitative estimate of drug-likeness (QED) is 0.550. The average Bonchev–Trinajstić information content (AvgIpc) is 2.50. The molecule has 0 N–H and O–H groups in total. The van der Waals surface area contributed by atoms with Gasteiger partial charge >= 0.3 is 0 Å². The molecular formula is C10H16O. The Hall–Kier alpha value is -0.560. The minimum absolute atomic E-state index is 0.879. The van der Waals surface area contributed by atoms with Crippen LogP contribution in [0.5, 0.6) is 0 Å². The second-order valence-electron chi connectivity index (χ2n) is 2.78. The zero-order valence-electron chi connectivity index (χ0n) is 7.18. The van der Waals surface area contributed by atoms with Gasteiger partial charge in [0.15, 0.2) is 0 Å². The molecule has 1 aliphatic rings. The van der Waals surface area contributed by atoms with E-state index in [-0.39, 0.29) is 0 Å². The lowest BCUT2D eigenvalue weighted by molar-refractivity contribution is 0.138. The largest absolute Gasteiger partial charge is 0.381 e. The van der Waals surface area contributed by atoms with Crippen LogP contribution in [0.4, 0.5) is 0 Å². The first-order valence-corrected chi connectivity index (χ1v) is 4.37. The van der Waals surface area contributed by atoms with Crippen molar-refractivity contribution in [1.82, 2.24) is 0 Å². The molecule has 0 aliphatic heterocycles. The highest BCUT2D eigenvalue weighted by Crippen LogP contribution is 2.12. The normalized spacial score (nSPS) is 15.5. The molecule has 0 fully saturated rings. The van der Waals surface area contributed by atoms with Crippen molar-refractivity contribution >= 4 is 0 Å². The number of ether oxygens (including phenoxy) is 1. The average molecular weight is 152 g/mol. The van der Waals surface area contributed by atoms with Crippen molar-refractivity contribution in [1.29, 1.82) is 0 Å². The lowest BCUT2D eigenvalue weighted by atomic mass is 10.2. The summed E-state index contributed by atoms with van der Waals surface area (Å²) in [6.45, 7) is 3.91. The minimum atomic E-state index is 0.879. The van der Waals surface area contributed by atoms with E-state index in [9.17, 15) is 0 Å². The number of hydrogen-bond donors (Lipinski definition) is 0. The summed E-state index contributed by atoms with van der Waals surface area (Å²) in [5, 5.41) is 0. The minimum Gasteiger partial charge on any atom is -0.381 e. The lowest BCUT2D eigenvalue weighted by Gasteiger charge is -2.00. The van der Waals surface area contributed by atoms with Gasteiger partial charge in [0.25, 0.3) is 0 Å². The van der Waals surface area contributed by atoms with E-state index in [0.29, 0.717) is 0 Å². The summed E-state index contributed by atoms with van der Waals surface area (Å²) in [7, 11) is 0. The fourth-order valence-corrected chi connectivity index (χ4v) is 1.13.